The molecule has 0 fully saturated rings. The molecule has 0 aliphatic heterocycles. The quantitative estimate of drug-likeness (QED) is 0.153. The van der Waals surface area contributed by atoms with Crippen molar-refractivity contribution >= 4 is 32.3 Å². The lowest BCUT2D eigenvalue weighted by Crippen LogP contribution is -1.91. The Labute approximate surface area is 316 Å². The van der Waals surface area contributed by atoms with Crippen LogP contribution < -0.4 is 0 Å². The second-order valence-corrected chi connectivity index (χ2v) is 14.1. The van der Waals surface area contributed by atoms with Gasteiger partial charge in [-0.15, -0.1) is 0 Å². The Hall–Kier alpha value is -7.02. The van der Waals surface area contributed by atoms with E-state index in [9.17, 15) is 0 Å². The Bertz CT molecular complexity index is 2840. The highest BCUT2D eigenvalue weighted by molar-refractivity contribution is 6.21. The fraction of sp³-hybridized carbons (Fsp3) is 0. The zero-order valence-electron chi connectivity index (χ0n) is 29.8. The van der Waals surface area contributed by atoms with Crippen LogP contribution in [0.2, 0.25) is 0 Å². The third-order valence-corrected chi connectivity index (χ3v) is 10.8. The number of rotatable bonds is 6. The van der Waals surface area contributed by atoms with Crippen LogP contribution in [0.1, 0.15) is 0 Å². The summed E-state index contributed by atoms with van der Waals surface area (Å²) in [4.78, 5) is 0. The molecule has 10 aromatic rings. The third-order valence-electron chi connectivity index (χ3n) is 10.8. The van der Waals surface area contributed by atoms with E-state index < -0.39 is 0 Å². The third kappa shape index (κ3) is 5.75. The maximum Gasteiger partial charge on any atom is -0.00262 e. The van der Waals surface area contributed by atoms with E-state index >= 15 is 0 Å². The molecule has 0 saturated heterocycles. The summed E-state index contributed by atoms with van der Waals surface area (Å²) in [6.45, 7) is 0. The summed E-state index contributed by atoms with van der Waals surface area (Å²) >= 11 is 0. The highest BCUT2D eigenvalue weighted by atomic mass is 14.2. The Morgan fingerprint density at radius 2 is 0.481 bits per heavy atom. The van der Waals surface area contributed by atoms with Crippen molar-refractivity contribution in [2.45, 2.75) is 0 Å². The minimum Gasteiger partial charge on any atom is -0.0622 e. The smallest absolute Gasteiger partial charge is 0.00262 e. The van der Waals surface area contributed by atoms with E-state index in [0.29, 0.717) is 0 Å². The van der Waals surface area contributed by atoms with Crippen LogP contribution in [0, 0.1) is 0 Å². The lowest BCUT2D eigenvalue weighted by atomic mass is 9.85. The minimum atomic E-state index is 1.20. The van der Waals surface area contributed by atoms with E-state index in [1.165, 1.54) is 99.1 Å². The summed E-state index contributed by atoms with van der Waals surface area (Å²) in [7, 11) is 0. The summed E-state index contributed by atoms with van der Waals surface area (Å²) in [5.74, 6) is 0. The van der Waals surface area contributed by atoms with E-state index in [0.717, 1.165) is 0 Å². The van der Waals surface area contributed by atoms with Gasteiger partial charge in [-0.3, -0.25) is 0 Å². The first-order valence-electron chi connectivity index (χ1n) is 18.7. The molecule has 10 aromatic carbocycles. The second kappa shape index (κ2) is 13.5. The summed E-state index contributed by atoms with van der Waals surface area (Å²) in [5.41, 5.74) is 14.8. The van der Waals surface area contributed by atoms with E-state index in [-0.39, 0.29) is 0 Å². The molecule has 0 aliphatic carbocycles. The van der Waals surface area contributed by atoms with Crippen molar-refractivity contribution in [3.63, 3.8) is 0 Å². The van der Waals surface area contributed by atoms with Crippen LogP contribution in [0.4, 0.5) is 0 Å². The van der Waals surface area contributed by atoms with Crippen LogP contribution in [0.25, 0.3) is 99.1 Å². The fourth-order valence-corrected chi connectivity index (χ4v) is 8.20. The molecule has 252 valence electrons. The maximum atomic E-state index is 2.37. The molecule has 0 saturated carbocycles. The van der Waals surface area contributed by atoms with Gasteiger partial charge in [-0.2, -0.15) is 0 Å². The van der Waals surface area contributed by atoms with Gasteiger partial charge in [0, 0.05) is 0 Å². The Kier molecular flexibility index (Phi) is 7.93. The van der Waals surface area contributed by atoms with Gasteiger partial charge in [-0.25, -0.2) is 0 Å². The molecule has 0 bridgehead atoms. The molecule has 0 nitrogen and oxygen atoms in total. The first-order chi connectivity index (χ1) is 26.8. The van der Waals surface area contributed by atoms with Gasteiger partial charge in [0.15, 0.2) is 0 Å². The molecule has 0 unspecified atom stereocenters. The lowest BCUT2D eigenvalue weighted by molar-refractivity contribution is 1.56. The van der Waals surface area contributed by atoms with E-state index in [2.05, 4.69) is 218 Å². The summed E-state index contributed by atoms with van der Waals surface area (Å²) in [6.07, 6.45) is 0. The van der Waals surface area contributed by atoms with E-state index in [1.54, 1.807) is 0 Å². The Morgan fingerprint density at radius 1 is 0.167 bits per heavy atom. The highest BCUT2D eigenvalue weighted by Crippen LogP contribution is 2.44. The van der Waals surface area contributed by atoms with Gasteiger partial charge in [-0.05, 0) is 135 Å². The molecule has 0 atom stereocenters. The SMILES string of the molecule is c1ccc(-c2cc(-c3ccccc3)cc(-c3cccc(-c4ccc5cc(-c6c7ccccc7c(-c7ccccc7)c7ccccc67)ccc5c4)c3)c2)cc1. The monoisotopic (exact) mass is 684 g/mol. The average molecular weight is 685 g/mol. The van der Waals surface area contributed by atoms with Crippen LogP contribution >= 0.6 is 0 Å². The molecule has 0 amide bonds. The topological polar surface area (TPSA) is 0 Å². The zero-order chi connectivity index (χ0) is 35.8. The van der Waals surface area contributed by atoms with Crippen molar-refractivity contribution in [3.05, 3.63) is 218 Å². The first-order valence-corrected chi connectivity index (χ1v) is 18.7. The minimum absolute atomic E-state index is 1.20. The first kappa shape index (κ1) is 31.7. The Balaban J connectivity index is 1.06. The van der Waals surface area contributed by atoms with Crippen molar-refractivity contribution < 1.29 is 0 Å². The number of fused-ring (bicyclic) bond motifs is 3. The van der Waals surface area contributed by atoms with Gasteiger partial charge in [0.1, 0.15) is 0 Å². The lowest BCUT2D eigenvalue weighted by Gasteiger charge is -2.18. The fourth-order valence-electron chi connectivity index (χ4n) is 8.20. The van der Waals surface area contributed by atoms with Crippen LogP contribution in [0.5, 0.6) is 0 Å². The molecule has 0 heteroatoms. The predicted molar refractivity (Wildman–Crippen MR) is 232 cm³/mol. The zero-order valence-corrected chi connectivity index (χ0v) is 29.8. The molecule has 0 aliphatic rings. The number of hydrogen-bond donors (Lipinski definition) is 0. The van der Waals surface area contributed by atoms with Crippen LogP contribution in [-0.4, -0.2) is 0 Å². The van der Waals surface area contributed by atoms with Crippen LogP contribution in [0.15, 0.2) is 218 Å². The van der Waals surface area contributed by atoms with Crippen molar-refractivity contribution in [3.8, 4) is 66.8 Å². The average Bonchev–Trinajstić information content (AvgIpc) is 3.26. The number of hydrogen-bond acceptors (Lipinski definition) is 0. The van der Waals surface area contributed by atoms with Crippen molar-refractivity contribution in [1.29, 1.82) is 0 Å². The van der Waals surface area contributed by atoms with Crippen molar-refractivity contribution in [2.75, 3.05) is 0 Å². The molecular weight excluding hydrogens is 649 g/mol. The predicted octanol–water partition coefficient (Wildman–Crippen LogP) is 15.1. The molecule has 0 radical (unpaired) electrons. The normalized spacial score (nSPS) is 11.3. The summed E-state index contributed by atoms with van der Waals surface area (Å²) in [5, 5.41) is 7.56. The molecular formula is C54H36. The van der Waals surface area contributed by atoms with Gasteiger partial charge in [0.2, 0.25) is 0 Å². The molecule has 0 N–H and O–H groups in total. The molecule has 10 rings (SSSR count). The molecule has 0 spiro atoms. The van der Waals surface area contributed by atoms with E-state index in [4.69, 9.17) is 0 Å². The van der Waals surface area contributed by atoms with Gasteiger partial charge < -0.3 is 0 Å². The highest BCUT2D eigenvalue weighted by Gasteiger charge is 2.17. The standard InChI is InChI=1S/C54H36/c1-4-15-37(16-5-1)46-34-47(38-17-6-2-7-18-38)36-48(35-46)41-22-14-21-40(31-41)42-27-28-44-33-45(30-29-43(44)32-42)54-51-25-12-10-23-49(51)53(39-19-8-3-9-20-39)50-24-11-13-26-52(50)54/h1-36H. The molecule has 54 heavy (non-hydrogen) atoms. The van der Waals surface area contributed by atoms with E-state index in [1.807, 2.05) is 0 Å². The summed E-state index contributed by atoms with van der Waals surface area (Å²) < 4.78 is 0. The molecule has 0 heterocycles. The van der Waals surface area contributed by atoms with Gasteiger partial charge in [0.25, 0.3) is 0 Å². The van der Waals surface area contributed by atoms with Crippen LogP contribution in [0.3, 0.4) is 0 Å². The molecule has 0 aromatic heterocycles. The van der Waals surface area contributed by atoms with Gasteiger partial charge in [0.05, 0.1) is 0 Å². The van der Waals surface area contributed by atoms with Gasteiger partial charge >= 0.3 is 0 Å². The largest absolute Gasteiger partial charge is 0.0622 e. The second-order valence-electron chi connectivity index (χ2n) is 14.1. The Morgan fingerprint density at radius 3 is 0.981 bits per heavy atom. The summed E-state index contributed by atoms with van der Waals surface area (Å²) in [6, 6.07) is 79.7. The van der Waals surface area contributed by atoms with Crippen LogP contribution in [-0.2, 0) is 0 Å². The van der Waals surface area contributed by atoms with Crippen molar-refractivity contribution in [1.82, 2.24) is 0 Å². The van der Waals surface area contributed by atoms with Crippen molar-refractivity contribution in [2.24, 2.45) is 0 Å². The number of benzene rings is 10. The van der Waals surface area contributed by atoms with Gasteiger partial charge in [-0.1, -0.05) is 182 Å². The maximum absolute atomic E-state index is 2.37.